The second kappa shape index (κ2) is 16.4. The van der Waals surface area contributed by atoms with Crippen LogP contribution >= 0.6 is 11.6 Å². The molecule has 3 aromatic rings. The fourth-order valence-corrected chi connectivity index (χ4v) is 13.7. The molecule has 1 aromatic heterocycles. The molecule has 1 spiro atoms. The minimum absolute atomic E-state index is 0.109. The van der Waals surface area contributed by atoms with E-state index in [-0.39, 0.29) is 65.3 Å². The summed E-state index contributed by atoms with van der Waals surface area (Å²) in [5.41, 5.74) is 5.84. The Morgan fingerprint density at radius 2 is 1.69 bits per heavy atom. The largest absolute Gasteiger partial charge is 0.433 e. The number of anilines is 2. The van der Waals surface area contributed by atoms with Gasteiger partial charge in [0.05, 0.1) is 11.1 Å². The van der Waals surface area contributed by atoms with Crippen LogP contribution < -0.4 is 21.3 Å². The number of rotatable bonds is 7. The van der Waals surface area contributed by atoms with Crippen LogP contribution in [0.15, 0.2) is 48.7 Å². The molecule has 6 heterocycles. The number of nitrogens with zero attached hydrogens (tertiary/aromatic N) is 5. The monoisotopic (exact) mass is 960 g/mol. The Morgan fingerprint density at radius 1 is 0.956 bits per heavy atom. The lowest BCUT2D eigenvalue weighted by atomic mass is 9.55. The van der Waals surface area contributed by atoms with Gasteiger partial charge in [0, 0.05) is 103 Å². The van der Waals surface area contributed by atoms with Crippen molar-refractivity contribution in [3.8, 4) is 0 Å². The summed E-state index contributed by atoms with van der Waals surface area (Å²) in [5.74, 6) is -3.22. The van der Waals surface area contributed by atoms with E-state index < -0.39 is 69.9 Å². The second-order valence-corrected chi connectivity index (χ2v) is 21.9. The first-order valence-electron chi connectivity index (χ1n) is 23.8. The third-order valence-corrected chi connectivity index (χ3v) is 16.9. The van der Waals surface area contributed by atoms with Crippen molar-refractivity contribution in [1.82, 2.24) is 25.0 Å². The number of carbonyl (C=O) groups excluding carboxylic acids is 5. The first kappa shape index (κ1) is 46.4. The molecule has 13 nitrogen and oxygen atoms in total. The Morgan fingerprint density at radius 3 is 2.37 bits per heavy atom. The van der Waals surface area contributed by atoms with Crippen LogP contribution in [0.5, 0.6) is 0 Å². The zero-order valence-corrected chi connectivity index (χ0v) is 39.2. The first-order chi connectivity index (χ1) is 32.2. The smallest absolute Gasteiger partial charge is 0.384 e. The molecule has 4 N–H and O–H groups in total. The standard InChI is InChI=1S/C50H57ClF4N8O5/c1-46(2,3)24-37-49(27-58-34-23-36(50(53,54)55)57-25-32(34)49)39(31-6-4-7-33(51)40(31)52)41(42(56)65)63(37)48-15-12-47(13-16-48,14-17-48)45(68)61-19-5-18-60(20-21-61)29-8-9-30-28(22-29)26-62(44(30)67)35-10-11-38(64)59-43(35)66/h4,6-9,22-23,25,35,37,39,41,58H,5,10-21,24,26-27H2,1-3H3,(H2,56,65)(H,59,64,66)/t35?,37-,39-,41+,47?,48?,49-/m0/s1. The van der Waals surface area contributed by atoms with Gasteiger partial charge in [-0.3, -0.25) is 39.2 Å². The van der Waals surface area contributed by atoms with Crippen LogP contribution in [0.4, 0.5) is 28.9 Å². The number of alkyl halides is 3. The van der Waals surface area contributed by atoms with Gasteiger partial charge in [0.1, 0.15) is 17.6 Å². The summed E-state index contributed by atoms with van der Waals surface area (Å²) >= 11 is 6.47. The molecule has 5 atom stereocenters. The molecule has 5 aliphatic heterocycles. The number of piperidine rings is 1. The number of hydrogen-bond acceptors (Lipinski definition) is 9. The summed E-state index contributed by atoms with van der Waals surface area (Å²) < 4.78 is 58.9. The minimum Gasteiger partial charge on any atom is -0.384 e. The second-order valence-electron chi connectivity index (χ2n) is 21.5. The van der Waals surface area contributed by atoms with E-state index in [4.69, 9.17) is 17.3 Å². The number of benzene rings is 2. The van der Waals surface area contributed by atoms with Gasteiger partial charge in [-0.2, -0.15) is 13.2 Å². The van der Waals surface area contributed by atoms with Crippen LogP contribution in [-0.2, 0) is 37.3 Å². The van der Waals surface area contributed by atoms with Crippen LogP contribution in [0.25, 0.3) is 0 Å². The number of fused-ring (bicyclic) bond motifs is 6. The van der Waals surface area contributed by atoms with Crippen molar-refractivity contribution in [3.05, 3.63) is 87.4 Å². The van der Waals surface area contributed by atoms with E-state index in [0.29, 0.717) is 82.3 Å². The van der Waals surface area contributed by atoms with Gasteiger partial charge in [-0.15, -0.1) is 0 Å². The summed E-state index contributed by atoms with van der Waals surface area (Å²) in [6.45, 7) is 8.96. The predicted octanol–water partition coefficient (Wildman–Crippen LogP) is 6.91. The number of hydrogen-bond donors (Lipinski definition) is 3. The molecule has 2 aromatic carbocycles. The Balaban J connectivity index is 0.915. The molecule has 6 fully saturated rings. The highest BCUT2D eigenvalue weighted by molar-refractivity contribution is 6.30. The Labute approximate surface area is 397 Å². The maximum atomic E-state index is 16.6. The molecular formula is C50H57ClF4N8O5. The molecule has 68 heavy (non-hydrogen) atoms. The van der Waals surface area contributed by atoms with Gasteiger partial charge in [-0.05, 0) is 105 Å². The van der Waals surface area contributed by atoms with Crippen LogP contribution in [0.2, 0.25) is 5.02 Å². The number of primary amides is 1. The van der Waals surface area contributed by atoms with Crippen LogP contribution in [0.3, 0.4) is 0 Å². The van der Waals surface area contributed by atoms with Crippen LogP contribution in [0, 0.1) is 16.6 Å². The zero-order chi connectivity index (χ0) is 48.3. The summed E-state index contributed by atoms with van der Waals surface area (Å²) in [5, 5.41) is 5.47. The van der Waals surface area contributed by atoms with E-state index in [0.717, 1.165) is 23.7 Å². The van der Waals surface area contributed by atoms with E-state index in [2.05, 4.69) is 46.2 Å². The highest BCUT2D eigenvalue weighted by Crippen LogP contribution is 2.65. The van der Waals surface area contributed by atoms with Gasteiger partial charge >= 0.3 is 6.18 Å². The maximum Gasteiger partial charge on any atom is 0.433 e. The topological polar surface area (TPSA) is 161 Å². The van der Waals surface area contributed by atoms with Crippen molar-refractivity contribution in [1.29, 1.82) is 0 Å². The summed E-state index contributed by atoms with van der Waals surface area (Å²) in [7, 11) is 0. The fraction of sp³-hybridized carbons (Fsp3) is 0.560. The Bertz CT molecular complexity index is 2600. The first-order valence-corrected chi connectivity index (χ1v) is 24.2. The van der Waals surface area contributed by atoms with Crippen molar-refractivity contribution < 1.29 is 41.5 Å². The molecule has 362 valence electrons. The molecule has 0 radical (unpaired) electrons. The number of pyridine rings is 1. The lowest BCUT2D eigenvalue weighted by Gasteiger charge is -2.59. The van der Waals surface area contributed by atoms with E-state index in [1.54, 1.807) is 18.2 Å². The molecular weight excluding hydrogens is 904 g/mol. The average molecular weight is 962 g/mol. The number of nitrogens with one attached hydrogen (secondary N) is 2. The molecule has 3 aliphatic carbocycles. The molecule has 11 rings (SSSR count). The van der Waals surface area contributed by atoms with Crippen LogP contribution in [0.1, 0.15) is 124 Å². The molecule has 5 amide bonds. The minimum atomic E-state index is -4.71. The molecule has 1 unspecified atom stereocenters. The lowest BCUT2D eigenvalue weighted by Crippen LogP contribution is -2.65. The highest BCUT2D eigenvalue weighted by atomic mass is 35.5. The fourth-order valence-electron chi connectivity index (χ4n) is 13.5. The highest BCUT2D eigenvalue weighted by Gasteiger charge is 2.70. The van der Waals surface area contributed by atoms with Gasteiger partial charge in [-0.25, -0.2) is 4.39 Å². The van der Waals surface area contributed by atoms with Gasteiger partial charge in [0.15, 0.2) is 0 Å². The van der Waals surface area contributed by atoms with E-state index >= 15 is 4.39 Å². The van der Waals surface area contributed by atoms with Crippen molar-refractivity contribution in [2.45, 2.75) is 133 Å². The van der Waals surface area contributed by atoms with Gasteiger partial charge in [-0.1, -0.05) is 44.5 Å². The van der Waals surface area contributed by atoms with E-state index in [1.807, 2.05) is 17.0 Å². The average Bonchev–Trinajstić information content (AvgIpc) is 3.84. The van der Waals surface area contributed by atoms with E-state index in [9.17, 15) is 37.1 Å². The third kappa shape index (κ3) is 7.43. The third-order valence-electron chi connectivity index (χ3n) is 16.6. The number of likely N-dealkylation sites (tertiary alicyclic amines) is 1. The van der Waals surface area contributed by atoms with Crippen molar-refractivity contribution in [2.24, 2.45) is 16.6 Å². The van der Waals surface area contributed by atoms with Gasteiger partial charge < -0.3 is 25.8 Å². The van der Waals surface area contributed by atoms with E-state index in [1.165, 1.54) is 17.2 Å². The summed E-state index contributed by atoms with van der Waals surface area (Å²) in [4.78, 5) is 78.9. The normalized spacial score (nSPS) is 30.6. The molecule has 3 saturated heterocycles. The number of carbonyl (C=O) groups is 5. The van der Waals surface area contributed by atoms with Gasteiger partial charge in [0.2, 0.25) is 23.6 Å². The lowest BCUT2D eigenvalue weighted by molar-refractivity contribution is -0.158. The van der Waals surface area contributed by atoms with Gasteiger partial charge in [0.25, 0.3) is 5.91 Å². The number of imide groups is 1. The molecule has 18 heteroatoms. The summed E-state index contributed by atoms with van der Waals surface area (Å²) in [6.07, 6.45) is 1.62. The molecule has 8 aliphatic rings. The predicted molar refractivity (Wildman–Crippen MR) is 245 cm³/mol. The molecule has 3 saturated carbocycles. The maximum absolute atomic E-state index is 16.6. The number of halogens is 5. The molecule has 2 bridgehead atoms. The number of amides is 5. The Kier molecular flexibility index (Phi) is 11.2. The van der Waals surface area contributed by atoms with Crippen molar-refractivity contribution >= 4 is 52.5 Å². The van der Waals surface area contributed by atoms with Crippen LogP contribution in [-0.4, -0.2) is 106 Å². The Hall–Kier alpha value is -5.29. The summed E-state index contributed by atoms with van der Waals surface area (Å²) in [6, 6.07) is 9.09. The SMILES string of the molecule is CC(C)(C)C[C@@H]1N(C23CCC(C(=O)N4CCCN(c5ccc6c(c5)CN(C5CCC(=O)NC5=O)C6=O)CC4)(CC2)CC3)[C@@H](C(N)=O)[C@H](c2cccc(Cl)c2F)[C@]12CNc1cc(C(F)(F)F)ncc12. The number of aromatic nitrogens is 1. The quantitative estimate of drug-likeness (QED) is 0.169. The zero-order valence-electron chi connectivity index (χ0n) is 38.5. The van der Waals surface area contributed by atoms with Crippen molar-refractivity contribution in [3.63, 3.8) is 0 Å². The number of nitrogens with two attached hydrogens (primary N) is 1. The van der Waals surface area contributed by atoms with Crippen molar-refractivity contribution in [2.75, 3.05) is 42.9 Å².